The van der Waals surface area contributed by atoms with E-state index in [1.165, 1.54) is 18.4 Å². The minimum Gasteiger partial charge on any atom is -1.00 e. The normalized spacial score (nSPS) is 16.9. The Balaban J connectivity index is 0.00000144. The molecular weight excluding hydrogens is 342 g/mol. The smallest absolute Gasteiger partial charge is 1.00 e. The van der Waals surface area contributed by atoms with E-state index >= 15 is 0 Å². The third-order valence-electron chi connectivity index (χ3n) is 3.28. The Labute approximate surface area is 131 Å². The Kier molecular flexibility index (Phi) is 7.29. The predicted octanol–water partition coefficient (Wildman–Crippen LogP) is -1.85. The van der Waals surface area contributed by atoms with Gasteiger partial charge in [-0.25, -0.2) is 0 Å². The first kappa shape index (κ1) is 18.3. The summed E-state index contributed by atoms with van der Waals surface area (Å²) < 4.78 is 7.82. The molecule has 0 atom stereocenters. The quantitative estimate of drug-likeness (QED) is 0.541. The van der Waals surface area contributed by atoms with Crippen molar-refractivity contribution >= 4 is 4.21 Å². The van der Waals surface area contributed by atoms with E-state index in [2.05, 4.69) is 55.4 Å². The molecule has 2 rings (SSSR count). The molecule has 0 heterocycles. The standard InChI is InChI=1S/C9H13.C5H5.CH2.2ClH.Zr/c1-9(2,3)8-6-4-5-7-8;1-2-4-5-3-1;;;;/h6-7H,4H2,1-3H3;1-3H,4H2;1H2;2*1H;/q;;;;;+2/p-2. The number of halogens is 2. The first-order valence-corrected chi connectivity index (χ1v) is 10.1. The van der Waals surface area contributed by atoms with Crippen LogP contribution in [-0.2, 0) is 21.3 Å². The van der Waals surface area contributed by atoms with Crippen molar-refractivity contribution in [2.75, 3.05) is 0 Å². The Morgan fingerprint density at radius 3 is 2.22 bits per heavy atom. The Bertz CT molecular complexity index is 446. The van der Waals surface area contributed by atoms with Gasteiger partial charge in [0.15, 0.2) is 0 Å². The minimum atomic E-state index is -1.65. The van der Waals surface area contributed by atoms with Crippen LogP contribution in [0.15, 0.2) is 42.5 Å². The van der Waals surface area contributed by atoms with Crippen LogP contribution in [0.4, 0.5) is 0 Å². The summed E-state index contributed by atoms with van der Waals surface area (Å²) in [4.78, 5) is 0. The molecule has 0 aromatic heterocycles. The van der Waals surface area contributed by atoms with Crippen LogP contribution in [0.2, 0.25) is 0 Å². The zero-order valence-corrected chi connectivity index (χ0v) is 15.2. The zero-order valence-electron chi connectivity index (χ0n) is 11.3. The monoisotopic (exact) mass is 360 g/mol. The van der Waals surface area contributed by atoms with Crippen LogP contribution in [0.1, 0.15) is 33.6 Å². The van der Waals surface area contributed by atoms with Gasteiger partial charge in [0.25, 0.3) is 0 Å². The van der Waals surface area contributed by atoms with Gasteiger partial charge >= 0.3 is 107 Å². The molecule has 2 aliphatic rings. The summed E-state index contributed by atoms with van der Waals surface area (Å²) in [5.74, 6) is 0. The summed E-state index contributed by atoms with van der Waals surface area (Å²) in [5, 5.41) is 0. The van der Waals surface area contributed by atoms with Gasteiger partial charge in [-0.15, -0.1) is 0 Å². The molecule has 18 heavy (non-hydrogen) atoms. The number of allylic oxidation sites excluding steroid dienone is 8. The van der Waals surface area contributed by atoms with Crippen LogP contribution in [0.3, 0.4) is 0 Å². The third-order valence-corrected chi connectivity index (χ3v) is 8.86. The molecule has 0 fully saturated rings. The molecule has 0 unspecified atom stereocenters. The Morgan fingerprint density at radius 2 is 1.78 bits per heavy atom. The van der Waals surface area contributed by atoms with Gasteiger partial charge in [-0.2, -0.15) is 0 Å². The average molecular weight is 362 g/mol. The Morgan fingerprint density at radius 1 is 1.11 bits per heavy atom. The molecule has 0 nitrogen and oxygen atoms in total. The number of rotatable bonds is 2. The maximum atomic E-state index is 4.51. The summed E-state index contributed by atoms with van der Waals surface area (Å²) in [6.07, 6.45) is 13.9. The minimum absolute atomic E-state index is 0. The van der Waals surface area contributed by atoms with E-state index in [4.69, 9.17) is 0 Å². The van der Waals surface area contributed by atoms with Crippen molar-refractivity contribution in [2.45, 2.75) is 33.6 Å². The van der Waals surface area contributed by atoms with Crippen molar-refractivity contribution in [1.29, 1.82) is 0 Å². The fourth-order valence-corrected chi connectivity index (χ4v) is 6.44. The summed E-state index contributed by atoms with van der Waals surface area (Å²) in [7, 11) is 0. The molecule has 0 radical (unpaired) electrons. The van der Waals surface area contributed by atoms with Gasteiger partial charge in [-0.1, -0.05) is 0 Å². The summed E-state index contributed by atoms with van der Waals surface area (Å²) in [6.45, 7) is 6.88. The maximum absolute atomic E-state index is 4.51. The summed E-state index contributed by atoms with van der Waals surface area (Å²) in [5.41, 5.74) is 1.81. The van der Waals surface area contributed by atoms with Crippen LogP contribution in [-0.4, -0.2) is 4.21 Å². The van der Waals surface area contributed by atoms with Gasteiger partial charge in [-0.3, -0.25) is 0 Å². The van der Waals surface area contributed by atoms with Crippen molar-refractivity contribution < 1.29 is 46.1 Å². The van der Waals surface area contributed by atoms with E-state index in [0.29, 0.717) is 5.41 Å². The molecule has 0 N–H and O–H groups in total. The number of hydrogen-bond donors (Lipinski definition) is 0. The topological polar surface area (TPSA) is 0 Å². The first-order valence-electron chi connectivity index (χ1n) is 5.95. The van der Waals surface area contributed by atoms with E-state index in [1.807, 2.05) is 0 Å². The van der Waals surface area contributed by atoms with Gasteiger partial charge in [0.1, 0.15) is 0 Å². The van der Waals surface area contributed by atoms with E-state index in [1.54, 1.807) is 6.56 Å². The van der Waals surface area contributed by atoms with Crippen LogP contribution in [0.25, 0.3) is 0 Å². The molecule has 3 heteroatoms. The van der Waals surface area contributed by atoms with Gasteiger partial charge in [-0.05, 0) is 0 Å². The van der Waals surface area contributed by atoms with Gasteiger partial charge in [0.2, 0.25) is 0 Å². The van der Waals surface area contributed by atoms with Crippen LogP contribution in [0, 0.1) is 5.41 Å². The largest absolute Gasteiger partial charge is 1.00 e. The average Bonchev–Trinajstić information content (AvgIpc) is 2.87. The first-order chi connectivity index (χ1) is 7.48. The van der Waals surface area contributed by atoms with Gasteiger partial charge in [0.05, 0.1) is 0 Å². The molecule has 0 aromatic carbocycles. The maximum Gasteiger partial charge on any atom is -1.00 e. The molecule has 0 amide bonds. The van der Waals surface area contributed by atoms with Gasteiger partial charge in [0, 0.05) is 0 Å². The van der Waals surface area contributed by atoms with Crippen LogP contribution < -0.4 is 24.8 Å². The van der Waals surface area contributed by atoms with E-state index < -0.39 is 21.3 Å². The molecule has 2 aliphatic carbocycles. The fourth-order valence-electron chi connectivity index (χ4n) is 2.14. The molecule has 0 bridgehead atoms. The molecule has 98 valence electrons. The van der Waals surface area contributed by atoms with E-state index in [0.717, 1.165) is 0 Å². The second kappa shape index (κ2) is 7.18. The summed E-state index contributed by atoms with van der Waals surface area (Å²) >= 11 is -1.65. The van der Waals surface area contributed by atoms with E-state index in [9.17, 15) is 0 Å². The molecular formula is C15H20Cl2Zr. The molecule has 0 aliphatic heterocycles. The second-order valence-electron chi connectivity index (χ2n) is 5.59. The van der Waals surface area contributed by atoms with Crippen LogP contribution >= 0.6 is 0 Å². The summed E-state index contributed by atoms with van der Waals surface area (Å²) in [6, 6.07) is 0. The number of hydrogen-bond acceptors (Lipinski definition) is 0. The second-order valence-corrected chi connectivity index (χ2v) is 11.1. The molecule has 0 aromatic rings. The van der Waals surface area contributed by atoms with Crippen molar-refractivity contribution in [2.24, 2.45) is 5.41 Å². The molecule has 0 saturated heterocycles. The predicted molar refractivity (Wildman–Crippen MR) is 69.2 cm³/mol. The van der Waals surface area contributed by atoms with Crippen molar-refractivity contribution in [3.63, 3.8) is 0 Å². The molecule has 0 saturated carbocycles. The zero-order chi connectivity index (χ0) is 11.8. The Hall–Kier alpha value is 0.293. The SMILES string of the molecule is [CH2]=[Zr+2]([C]1=CC=CC1)[C]1=CC(C(C)(C)C)=CC1.[Cl-].[Cl-]. The van der Waals surface area contributed by atoms with Crippen molar-refractivity contribution in [1.82, 2.24) is 0 Å². The van der Waals surface area contributed by atoms with E-state index in [-0.39, 0.29) is 24.8 Å². The molecule has 0 spiro atoms. The van der Waals surface area contributed by atoms with Gasteiger partial charge < -0.3 is 24.8 Å². The van der Waals surface area contributed by atoms with Crippen molar-refractivity contribution in [3.8, 4) is 0 Å². The third kappa shape index (κ3) is 4.15. The van der Waals surface area contributed by atoms with Crippen LogP contribution in [0.5, 0.6) is 0 Å². The van der Waals surface area contributed by atoms with Crippen molar-refractivity contribution in [3.05, 3.63) is 42.5 Å². The fraction of sp³-hybridized carbons (Fsp3) is 0.400.